The van der Waals surface area contributed by atoms with E-state index in [1.165, 1.54) is 0 Å². The third-order valence-electron chi connectivity index (χ3n) is 4.03. The van der Waals surface area contributed by atoms with Crippen LogP contribution in [0.2, 0.25) is 5.02 Å². The fraction of sp³-hybridized carbons (Fsp3) is 0.667. The zero-order valence-corrected chi connectivity index (χ0v) is 17.5. The molecule has 0 spiro atoms. The van der Waals surface area contributed by atoms with Crippen molar-refractivity contribution in [1.29, 1.82) is 0 Å². The van der Waals surface area contributed by atoms with E-state index in [4.69, 9.17) is 16.0 Å². The molecule has 0 amide bonds. The number of anilines is 1. The highest BCUT2D eigenvalue weighted by atomic mass is 35.5. The Balaban J connectivity index is 3.69. The molecule has 132 valence electrons. The van der Waals surface area contributed by atoms with Crippen molar-refractivity contribution in [3.05, 3.63) is 28.8 Å². The van der Waals surface area contributed by atoms with Gasteiger partial charge in [0.25, 0.3) is 0 Å². The summed E-state index contributed by atoms with van der Waals surface area (Å²) in [7, 11) is 1.63. The summed E-state index contributed by atoms with van der Waals surface area (Å²) in [6.45, 7) is 12.3. The van der Waals surface area contributed by atoms with Gasteiger partial charge in [0.2, 0.25) is 0 Å². The number of halogens is 1. The summed E-state index contributed by atoms with van der Waals surface area (Å²) < 4.78 is 17.7. The average molecular weight is 359 g/mol. The molecule has 0 N–H and O–H groups in total. The smallest absolute Gasteiger partial charge is 0.0912 e. The second-order valence-electron chi connectivity index (χ2n) is 8.39. The van der Waals surface area contributed by atoms with Gasteiger partial charge in [-0.25, -0.2) is 8.57 Å². The van der Waals surface area contributed by atoms with Gasteiger partial charge in [0, 0.05) is 51.1 Å². The summed E-state index contributed by atoms with van der Waals surface area (Å²) in [6, 6.07) is 5.64. The Bertz CT molecular complexity index is 675. The molecular formula is C18H31ClN2OS. The van der Waals surface area contributed by atoms with Crippen molar-refractivity contribution in [3.63, 3.8) is 0 Å². The lowest BCUT2D eigenvalue weighted by Crippen LogP contribution is -2.29. The van der Waals surface area contributed by atoms with E-state index in [0.29, 0.717) is 5.02 Å². The van der Waals surface area contributed by atoms with Gasteiger partial charge in [-0.05, 0) is 44.4 Å². The normalized spacial score (nSPS) is 16.6. The Morgan fingerprint density at radius 1 is 1.13 bits per heavy atom. The first-order valence-corrected chi connectivity index (χ1v) is 10.1. The molecule has 1 aromatic carbocycles. The van der Waals surface area contributed by atoms with Crippen molar-refractivity contribution in [1.82, 2.24) is 0 Å². The molecule has 0 aliphatic carbocycles. The van der Waals surface area contributed by atoms with Crippen molar-refractivity contribution in [2.24, 2.45) is 9.78 Å². The van der Waals surface area contributed by atoms with Crippen LogP contribution in [-0.2, 0) is 9.73 Å². The standard InChI is InChI=1S/C18H31ClN2OS/c1-17(2,3)16(20-23(9,22)18(4,5)6)14-12-13(19)10-11-15(14)21(7)8/h10-12,16H,1-9H3/t16-,23-/m1/s1. The molecule has 2 atom stereocenters. The van der Waals surface area contributed by atoms with Crippen LogP contribution >= 0.6 is 11.6 Å². The maximum absolute atomic E-state index is 13.2. The summed E-state index contributed by atoms with van der Waals surface area (Å²) >= 11 is 6.25. The van der Waals surface area contributed by atoms with Crippen molar-refractivity contribution in [2.75, 3.05) is 25.3 Å². The fourth-order valence-corrected chi connectivity index (χ4v) is 3.52. The monoisotopic (exact) mass is 358 g/mol. The molecule has 1 rings (SSSR count). The first kappa shape index (κ1) is 20.3. The van der Waals surface area contributed by atoms with Gasteiger partial charge in [-0.2, -0.15) is 0 Å². The van der Waals surface area contributed by atoms with Crippen LogP contribution in [0.4, 0.5) is 5.69 Å². The van der Waals surface area contributed by atoms with Crippen molar-refractivity contribution in [2.45, 2.75) is 52.3 Å². The number of benzene rings is 1. The van der Waals surface area contributed by atoms with Crippen LogP contribution in [0.3, 0.4) is 0 Å². The van der Waals surface area contributed by atoms with Crippen LogP contribution in [0, 0.1) is 5.41 Å². The van der Waals surface area contributed by atoms with Crippen LogP contribution in [0.5, 0.6) is 0 Å². The number of hydrogen-bond donors (Lipinski definition) is 0. The zero-order valence-electron chi connectivity index (χ0n) is 15.9. The van der Waals surface area contributed by atoms with Crippen LogP contribution in [0.1, 0.15) is 53.1 Å². The molecule has 0 aliphatic rings. The van der Waals surface area contributed by atoms with Crippen molar-refractivity contribution < 1.29 is 4.21 Å². The second-order valence-corrected chi connectivity index (χ2v) is 11.9. The van der Waals surface area contributed by atoms with Gasteiger partial charge in [-0.1, -0.05) is 32.4 Å². The minimum absolute atomic E-state index is 0.167. The molecule has 3 nitrogen and oxygen atoms in total. The van der Waals surface area contributed by atoms with Gasteiger partial charge in [0.15, 0.2) is 0 Å². The minimum atomic E-state index is -2.37. The molecule has 1 aromatic rings. The molecule has 5 heteroatoms. The Morgan fingerprint density at radius 3 is 2.04 bits per heavy atom. The topological polar surface area (TPSA) is 32.7 Å². The largest absolute Gasteiger partial charge is 0.377 e. The molecule has 0 unspecified atom stereocenters. The highest BCUT2D eigenvalue weighted by molar-refractivity contribution is 7.94. The SMILES string of the molecule is CN(C)c1ccc(Cl)cc1[C@@H](N=[S@](C)(=O)C(C)(C)C)C(C)(C)C. The highest BCUT2D eigenvalue weighted by Gasteiger charge is 2.32. The fourth-order valence-electron chi connectivity index (χ4n) is 2.19. The lowest BCUT2D eigenvalue weighted by Gasteiger charge is -2.33. The third-order valence-corrected chi connectivity index (χ3v) is 7.15. The Hall–Kier alpha value is -0.740. The van der Waals surface area contributed by atoms with Gasteiger partial charge >= 0.3 is 0 Å². The number of rotatable bonds is 3. The molecule has 0 radical (unpaired) electrons. The number of hydrogen-bond acceptors (Lipinski definition) is 3. The summed E-state index contributed by atoms with van der Waals surface area (Å²) in [5.41, 5.74) is 1.91. The van der Waals surface area contributed by atoms with Crippen LogP contribution < -0.4 is 4.90 Å². The lowest BCUT2D eigenvalue weighted by atomic mass is 9.82. The molecule has 0 aromatic heterocycles. The first-order chi connectivity index (χ1) is 10.2. The minimum Gasteiger partial charge on any atom is -0.377 e. The maximum atomic E-state index is 13.2. The zero-order chi connectivity index (χ0) is 18.2. The van der Waals surface area contributed by atoms with Crippen LogP contribution in [0.25, 0.3) is 0 Å². The molecule has 23 heavy (non-hydrogen) atoms. The molecule has 0 heterocycles. The van der Waals surface area contributed by atoms with E-state index >= 15 is 0 Å². The summed E-state index contributed by atoms with van der Waals surface area (Å²) in [5.74, 6) is 0. The van der Waals surface area contributed by atoms with Crippen molar-refractivity contribution in [3.8, 4) is 0 Å². The van der Waals surface area contributed by atoms with Gasteiger partial charge in [0.05, 0.1) is 6.04 Å². The van der Waals surface area contributed by atoms with Gasteiger partial charge < -0.3 is 4.90 Å². The molecule has 0 fully saturated rings. The van der Waals surface area contributed by atoms with E-state index < -0.39 is 9.73 Å². The van der Waals surface area contributed by atoms with E-state index in [9.17, 15) is 4.21 Å². The molecule has 0 saturated carbocycles. The first-order valence-electron chi connectivity index (χ1n) is 7.84. The summed E-state index contributed by atoms with van der Waals surface area (Å²) in [5, 5.41) is 0.674. The van der Waals surface area contributed by atoms with E-state index in [-0.39, 0.29) is 16.2 Å². The summed E-state index contributed by atoms with van der Waals surface area (Å²) in [6.07, 6.45) is 1.76. The van der Waals surface area contributed by atoms with Crippen LogP contribution in [0.15, 0.2) is 22.6 Å². The van der Waals surface area contributed by atoms with E-state index in [0.717, 1.165) is 11.3 Å². The van der Waals surface area contributed by atoms with Gasteiger partial charge in [-0.15, -0.1) is 0 Å². The Kier molecular flexibility index (Phi) is 5.86. The highest BCUT2D eigenvalue weighted by Crippen LogP contribution is 2.42. The second kappa shape index (κ2) is 6.64. The lowest BCUT2D eigenvalue weighted by molar-refractivity contribution is 0.330. The molecular weight excluding hydrogens is 328 g/mol. The Morgan fingerprint density at radius 2 is 1.65 bits per heavy atom. The number of nitrogens with zero attached hydrogens (tertiary/aromatic N) is 2. The Labute approximate surface area is 147 Å². The van der Waals surface area contributed by atoms with Gasteiger partial charge in [-0.3, -0.25) is 0 Å². The van der Waals surface area contributed by atoms with Crippen molar-refractivity contribution >= 4 is 27.0 Å². The van der Waals surface area contributed by atoms with E-state index in [1.807, 2.05) is 53.1 Å². The van der Waals surface area contributed by atoms with Gasteiger partial charge in [0.1, 0.15) is 0 Å². The molecule has 0 bridgehead atoms. The predicted molar refractivity (Wildman–Crippen MR) is 104 cm³/mol. The predicted octanol–water partition coefficient (Wildman–Crippen LogP) is 5.39. The van der Waals surface area contributed by atoms with E-state index in [2.05, 4.69) is 25.7 Å². The maximum Gasteiger partial charge on any atom is 0.0912 e. The van der Waals surface area contributed by atoms with Crippen LogP contribution in [-0.4, -0.2) is 29.3 Å². The third kappa shape index (κ3) is 4.87. The molecule has 0 saturated heterocycles. The summed E-state index contributed by atoms with van der Waals surface area (Å²) in [4.78, 5) is 2.05. The average Bonchev–Trinajstić information content (AvgIpc) is 2.32. The molecule has 0 aliphatic heterocycles. The quantitative estimate of drug-likeness (QED) is 0.725. The van der Waals surface area contributed by atoms with E-state index in [1.54, 1.807) is 6.26 Å².